The van der Waals surface area contributed by atoms with E-state index in [9.17, 15) is 4.79 Å². The number of aryl methyl sites for hydroxylation is 1. The smallest absolute Gasteiger partial charge is 0.169 e. The lowest BCUT2D eigenvalue weighted by Crippen LogP contribution is -2.34. The topological polar surface area (TPSA) is 31.2 Å². The van der Waals surface area contributed by atoms with Crippen molar-refractivity contribution in [2.75, 3.05) is 6.61 Å². The largest absolute Gasteiger partial charge is 0.498 e. The van der Waals surface area contributed by atoms with Crippen LogP contribution in [0.1, 0.15) is 32.3 Å². The molecule has 0 saturated heterocycles. The van der Waals surface area contributed by atoms with Crippen LogP contribution in [0.25, 0.3) is 10.9 Å². The number of benzene rings is 1. The van der Waals surface area contributed by atoms with E-state index in [1.807, 2.05) is 27.1 Å². The Morgan fingerprint density at radius 3 is 2.86 bits per heavy atom. The van der Waals surface area contributed by atoms with Gasteiger partial charge in [0.25, 0.3) is 0 Å². The van der Waals surface area contributed by atoms with Gasteiger partial charge in [0, 0.05) is 31.3 Å². The van der Waals surface area contributed by atoms with Gasteiger partial charge < -0.3 is 9.30 Å². The van der Waals surface area contributed by atoms with Gasteiger partial charge in [-0.15, -0.1) is 0 Å². The van der Waals surface area contributed by atoms with Crippen molar-refractivity contribution in [1.29, 1.82) is 0 Å². The first-order chi connectivity index (χ1) is 10.0. The van der Waals surface area contributed by atoms with E-state index in [2.05, 4.69) is 28.8 Å². The molecular weight excluding hydrogens is 262 g/mol. The number of rotatable bonds is 3. The summed E-state index contributed by atoms with van der Waals surface area (Å²) in [5.41, 5.74) is 1.85. The van der Waals surface area contributed by atoms with Crippen LogP contribution in [0, 0.1) is 0 Å². The number of carbonyl (C=O) groups excluding carboxylic acids is 1. The van der Waals surface area contributed by atoms with Gasteiger partial charge in [0.2, 0.25) is 0 Å². The molecule has 0 amide bonds. The van der Waals surface area contributed by atoms with Crippen molar-refractivity contribution >= 4 is 16.7 Å². The predicted octanol–water partition coefficient (Wildman–Crippen LogP) is 3.72. The Balaban J connectivity index is 1.99. The molecular formula is C18H21NO2. The molecule has 1 aromatic carbocycles. The van der Waals surface area contributed by atoms with Crippen LogP contribution in [0.4, 0.5) is 0 Å². The van der Waals surface area contributed by atoms with Crippen molar-refractivity contribution < 1.29 is 9.53 Å². The van der Waals surface area contributed by atoms with Crippen LogP contribution in [0.15, 0.2) is 42.3 Å². The number of fused-ring (bicyclic) bond motifs is 1. The van der Waals surface area contributed by atoms with Crippen molar-refractivity contribution in [3.63, 3.8) is 0 Å². The minimum atomic E-state index is -0.440. The first-order valence-corrected chi connectivity index (χ1v) is 7.48. The summed E-state index contributed by atoms with van der Waals surface area (Å²) in [6, 6.07) is 8.43. The highest BCUT2D eigenvalue weighted by Crippen LogP contribution is 2.37. The average Bonchev–Trinajstić information content (AvgIpc) is 2.84. The summed E-state index contributed by atoms with van der Waals surface area (Å²) in [6.07, 6.45) is 5.35. The molecule has 1 heterocycles. The van der Waals surface area contributed by atoms with Crippen LogP contribution in [-0.2, 0) is 22.0 Å². The van der Waals surface area contributed by atoms with Crippen molar-refractivity contribution in [2.45, 2.75) is 32.1 Å². The Labute approximate surface area is 125 Å². The Kier molecular flexibility index (Phi) is 3.36. The summed E-state index contributed by atoms with van der Waals surface area (Å²) in [4.78, 5) is 12.6. The summed E-state index contributed by atoms with van der Waals surface area (Å²) in [5.74, 6) is 0.966. The molecule has 0 aliphatic heterocycles. The molecule has 0 unspecified atom stereocenters. The van der Waals surface area contributed by atoms with Gasteiger partial charge in [-0.05, 0) is 49.4 Å². The number of hydrogen-bond donors (Lipinski definition) is 0. The zero-order valence-electron chi connectivity index (χ0n) is 12.8. The molecule has 3 nitrogen and oxygen atoms in total. The summed E-state index contributed by atoms with van der Waals surface area (Å²) in [7, 11) is 2.03. The monoisotopic (exact) mass is 283 g/mol. The molecule has 0 spiro atoms. The molecule has 0 saturated carbocycles. The average molecular weight is 283 g/mol. The summed E-state index contributed by atoms with van der Waals surface area (Å²) in [6.45, 7) is 4.60. The van der Waals surface area contributed by atoms with Crippen LogP contribution < -0.4 is 0 Å². The molecule has 2 aromatic rings. The Hall–Kier alpha value is -2.03. The second-order valence-corrected chi connectivity index (χ2v) is 5.94. The number of ketones is 1. The van der Waals surface area contributed by atoms with Gasteiger partial charge in [0.1, 0.15) is 0 Å². The highest BCUT2D eigenvalue weighted by Gasteiger charge is 2.37. The third kappa shape index (κ3) is 2.27. The zero-order valence-corrected chi connectivity index (χ0v) is 12.8. The van der Waals surface area contributed by atoms with Crippen molar-refractivity contribution in [3.8, 4) is 0 Å². The molecule has 3 heteroatoms. The highest BCUT2D eigenvalue weighted by atomic mass is 16.5. The fourth-order valence-corrected chi connectivity index (χ4v) is 3.08. The van der Waals surface area contributed by atoms with E-state index >= 15 is 0 Å². The first kappa shape index (κ1) is 13.9. The fourth-order valence-electron chi connectivity index (χ4n) is 3.08. The fraction of sp³-hybridized carbons (Fsp3) is 0.389. The molecule has 1 atom stereocenters. The molecule has 3 rings (SSSR count). The van der Waals surface area contributed by atoms with E-state index in [1.165, 1.54) is 10.9 Å². The van der Waals surface area contributed by atoms with E-state index < -0.39 is 5.41 Å². The normalized spacial score (nSPS) is 22.4. The quantitative estimate of drug-likeness (QED) is 0.859. The number of aromatic nitrogens is 1. The maximum atomic E-state index is 12.6. The van der Waals surface area contributed by atoms with Gasteiger partial charge in [-0.2, -0.15) is 0 Å². The lowest BCUT2D eigenvalue weighted by Gasteiger charge is -2.31. The minimum absolute atomic E-state index is 0.146. The third-order valence-electron chi connectivity index (χ3n) is 4.56. The van der Waals surface area contributed by atoms with Gasteiger partial charge in [-0.3, -0.25) is 4.79 Å². The minimum Gasteiger partial charge on any atom is -0.498 e. The van der Waals surface area contributed by atoms with Crippen LogP contribution in [0.2, 0.25) is 0 Å². The number of carbonyl (C=O) groups is 1. The lowest BCUT2D eigenvalue weighted by molar-refractivity contribution is -0.120. The second kappa shape index (κ2) is 5.06. The molecule has 0 bridgehead atoms. The number of nitrogens with zero attached hydrogens (tertiary/aromatic N) is 1. The van der Waals surface area contributed by atoms with Gasteiger partial charge >= 0.3 is 0 Å². The molecule has 0 N–H and O–H groups in total. The molecule has 1 aromatic heterocycles. The van der Waals surface area contributed by atoms with Crippen molar-refractivity contribution in [3.05, 3.63) is 47.9 Å². The molecule has 0 radical (unpaired) electrons. The maximum absolute atomic E-state index is 12.6. The van der Waals surface area contributed by atoms with Gasteiger partial charge in [-0.1, -0.05) is 6.07 Å². The standard InChI is InChI=1S/C18H21NO2/c1-4-21-15-7-9-18(2,17(20)12-15)14-5-6-16-13(11-14)8-10-19(16)3/h5-6,8,10-12H,4,7,9H2,1-3H3/t18-/m1/s1. The Morgan fingerprint density at radius 1 is 1.33 bits per heavy atom. The van der Waals surface area contributed by atoms with Gasteiger partial charge in [-0.25, -0.2) is 0 Å². The molecule has 21 heavy (non-hydrogen) atoms. The van der Waals surface area contributed by atoms with Crippen LogP contribution in [-0.4, -0.2) is 17.0 Å². The first-order valence-electron chi connectivity index (χ1n) is 7.48. The second-order valence-electron chi connectivity index (χ2n) is 5.94. The van der Waals surface area contributed by atoms with Crippen LogP contribution >= 0.6 is 0 Å². The summed E-state index contributed by atoms with van der Waals surface area (Å²) < 4.78 is 7.59. The summed E-state index contributed by atoms with van der Waals surface area (Å²) >= 11 is 0. The zero-order chi connectivity index (χ0) is 15.0. The van der Waals surface area contributed by atoms with E-state index in [0.717, 1.165) is 24.2 Å². The molecule has 1 aliphatic carbocycles. The van der Waals surface area contributed by atoms with E-state index in [-0.39, 0.29) is 5.78 Å². The number of allylic oxidation sites excluding steroid dienone is 2. The van der Waals surface area contributed by atoms with Gasteiger partial charge in [0.05, 0.1) is 17.8 Å². The highest BCUT2D eigenvalue weighted by molar-refractivity contribution is 6.00. The third-order valence-corrected chi connectivity index (χ3v) is 4.56. The van der Waals surface area contributed by atoms with E-state index in [1.54, 1.807) is 6.08 Å². The number of hydrogen-bond acceptors (Lipinski definition) is 2. The number of ether oxygens (including phenoxy) is 1. The van der Waals surface area contributed by atoms with E-state index in [4.69, 9.17) is 4.74 Å². The molecule has 1 aliphatic rings. The van der Waals surface area contributed by atoms with E-state index in [0.29, 0.717) is 6.61 Å². The lowest BCUT2D eigenvalue weighted by atomic mass is 9.72. The molecule has 110 valence electrons. The SMILES string of the molecule is CCOC1=CC(=O)[C@@](C)(c2ccc3c(ccn3C)c2)CC1. The Morgan fingerprint density at radius 2 is 2.14 bits per heavy atom. The van der Waals surface area contributed by atoms with Gasteiger partial charge in [0.15, 0.2) is 5.78 Å². The van der Waals surface area contributed by atoms with Crippen LogP contribution in [0.5, 0.6) is 0 Å². The van der Waals surface area contributed by atoms with Crippen molar-refractivity contribution in [1.82, 2.24) is 4.57 Å². The van der Waals surface area contributed by atoms with Crippen molar-refractivity contribution in [2.24, 2.45) is 7.05 Å². The Bertz CT molecular complexity index is 726. The predicted molar refractivity (Wildman–Crippen MR) is 84.2 cm³/mol. The maximum Gasteiger partial charge on any atom is 0.169 e. The molecule has 0 fully saturated rings. The van der Waals surface area contributed by atoms with Crippen LogP contribution in [0.3, 0.4) is 0 Å². The summed E-state index contributed by atoms with van der Waals surface area (Å²) in [5, 5.41) is 1.18.